The summed E-state index contributed by atoms with van der Waals surface area (Å²) in [5.74, 6) is 1.39. The minimum absolute atomic E-state index is 0.00799. The van der Waals surface area contributed by atoms with Gasteiger partial charge in [-0.3, -0.25) is 0 Å². The molecule has 2 unspecified atom stereocenters. The first kappa shape index (κ1) is 25.9. The number of rotatable bonds is 19. The summed E-state index contributed by atoms with van der Waals surface area (Å²) in [6, 6.07) is 0. The highest BCUT2D eigenvalue weighted by molar-refractivity contribution is 4.67. The lowest BCUT2D eigenvalue weighted by Gasteiger charge is -2.24. The van der Waals surface area contributed by atoms with Crippen molar-refractivity contribution in [3.63, 3.8) is 0 Å². The van der Waals surface area contributed by atoms with Gasteiger partial charge in [-0.2, -0.15) is 0 Å². The van der Waals surface area contributed by atoms with Gasteiger partial charge in [0, 0.05) is 5.92 Å². The van der Waals surface area contributed by atoms with Crippen molar-refractivity contribution in [3.8, 4) is 0 Å². The second kappa shape index (κ2) is 18.3. The van der Waals surface area contributed by atoms with Crippen LogP contribution in [0.1, 0.15) is 130 Å². The van der Waals surface area contributed by atoms with Crippen molar-refractivity contribution in [1.29, 1.82) is 0 Å². The van der Waals surface area contributed by atoms with Gasteiger partial charge >= 0.3 is 0 Å². The number of aliphatic hydroxyl groups is 2. The smallest absolute Gasteiger partial charge is 0.154 e. The maximum Gasteiger partial charge on any atom is 0.154 e. The summed E-state index contributed by atoms with van der Waals surface area (Å²) in [5, 5.41) is 18.6. The Kier molecular flexibility index (Phi) is 18.2. The van der Waals surface area contributed by atoms with Gasteiger partial charge in [0.05, 0.1) is 0 Å². The first-order chi connectivity index (χ1) is 12.5. The second-order valence-corrected chi connectivity index (χ2v) is 8.80. The van der Waals surface area contributed by atoms with E-state index in [9.17, 15) is 10.2 Å². The maximum absolute atomic E-state index is 9.32. The lowest BCUT2D eigenvalue weighted by Crippen LogP contribution is -2.24. The van der Waals surface area contributed by atoms with Crippen LogP contribution in [0.4, 0.5) is 0 Å². The molecule has 0 aliphatic heterocycles. The van der Waals surface area contributed by atoms with Gasteiger partial charge in [-0.25, -0.2) is 0 Å². The molecule has 26 heavy (non-hydrogen) atoms. The maximum atomic E-state index is 9.32. The van der Waals surface area contributed by atoms with Crippen molar-refractivity contribution in [3.05, 3.63) is 0 Å². The highest BCUT2D eigenvalue weighted by atomic mass is 16.5. The third-order valence-electron chi connectivity index (χ3n) is 6.31. The molecule has 0 aromatic rings. The van der Waals surface area contributed by atoms with Crippen molar-refractivity contribution in [1.82, 2.24) is 0 Å². The fourth-order valence-electron chi connectivity index (χ4n) is 4.11. The van der Waals surface area contributed by atoms with E-state index >= 15 is 0 Å². The Bertz CT molecular complexity index is 277. The molecule has 0 saturated heterocycles. The van der Waals surface area contributed by atoms with Crippen LogP contribution in [0.15, 0.2) is 0 Å². The average molecular weight is 371 g/mol. The number of aliphatic hydroxyl groups excluding tert-OH is 1. The van der Waals surface area contributed by atoms with Crippen LogP contribution in [0.3, 0.4) is 0 Å². The Morgan fingerprint density at radius 2 is 1.00 bits per heavy atom. The van der Waals surface area contributed by atoms with E-state index in [4.69, 9.17) is 0 Å². The Morgan fingerprint density at radius 3 is 1.42 bits per heavy atom. The van der Waals surface area contributed by atoms with Gasteiger partial charge < -0.3 is 10.2 Å². The van der Waals surface area contributed by atoms with Crippen LogP contribution in [0.2, 0.25) is 0 Å². The van der Waals surface area contributed by atoms with Gasteiger partial charge in [0.25, 0.3) is 0 Å². The van der Waals surface area contributed by atoms with E-state index in [2.05, 4.69) is 20.8 Å². The van der Waals surface area contributed by atoms with E-state index in [-0.39, 0.29) is 5.92 Å². The molecule has 0 aromatic heterocycles. The summed E-state index contributed by atoms with van der Waals surface area (Å²) >= 11 is 0. The van der Waals surface area contributed by atoms with Crippen LogP contribution in [0.25, 0.3) is 0 Å². The fraction of sp³-hybridized carbons (Fsp3) is 1.00. The van der Waals surface area contributed by atoms with Gasteiger partial charge in [-0.15, -0.1) is 0 Å². The highest BCUT2D eigenvalue weighted by Crippen LogP contribution is 2.25. The molecule has 0 aliphatic carbocycles. The SMILES string of the molecule is CCCCCCCC(C)CCCCCCCCC[C@@H](CC)C(C)C(O)O. The molecule has 2 nitrogen and oxygen atoms in total. The highest BCUT2D eigenvalue weighted by Gasteiger charge is 2.20. The van der Waals surface area contributed by atoms with Gasteiger partial charge in [0.2, 0.25) is 0 Å². The molecule has 0 aromatic carbocycles. The van der Waals surface area contributed by atoms with Crippen molar-refractivity contribution in [2.75, 3.05) is 0 Å². The van der Waals surface area contributed by atoms with Crippen LogP contribution in [-0.4, -0.2) is 16.5 Å². The van der Waals surface area contributed by atoms with E-state index < -0.39 is 6.29 Å². The first-order valence-electron chi connectivity index (χ1n) is 11.9. The van der Waals surface area contributed by atoms with Crippen LogP contribution in [-0.2, 0) is 0 Å². The Morgan fingerprint density at radius 1 is 0.577 bits per heavy atom. The number of hydrogen-bond acceptors (Lipinski definition) is 2. The Balaban J connectivity index is 3.40. The molecule has 2 N–H and O–H groups in total. The molecule has 158 valence electrons. The molecule has 2 heteroatoms. The van der Waals surface area contributed by atoms with E-state index in [1.54, 1.807) is 0 Å². The summed E-state index contributed by atoms with van der Waals surface area (Å²) in [4.78, 5) is 0. The molecular formula is C24H50O2. The molecule has 0 saturated carbocycles. The monoisotopic (exact) mass is 370 g/mol. The lowest BCUT2D eigenvalue weighted by atomic mass is 9.86. The quantitative estimate of drug-likeness (QED) is 0.183. The zero-order valence-corrected chi connectivity index (χ0v) is 18.5. The average Bonchev–Trinajstić information content (AvgIpc) is 2.62. The Labute approximate surface area is 165 Å². The van der Waals surface area contributed by atoms with Crippen molar-refractivity contribution < 1.29 is 10.2 Å². The van der Waals surface area contributed by atoms with E-state index in [0.29, 0.717) is 5.92 Å². The molecule has 0 rings (SSSR count). The first-order valence-corrected chi connectivity index (χ1v) is 11.9. The molecule has 0 radical (unpaired) electrons. The minimum Gasteiger partial charge on any atom is -0.368 e. The van der Waals surface area contributed by atoms with Crippen molar-refractivity contribution in [2.45, 2.75) is 137 Å². The topological polar surface area (TPSA) is 40.5 Å². The fourth-order valence-corrected chi connectivity index (χ4v) is 4.11. The molecular weight excluding hydrogens is 320 g/mol. The van der Waals surface area contributed by atoms with Crippen LogP contribution in [0.5, 0.6) is 0 Å². The summed E-state index contributed by atoms with van der Waals surface area (Å²) in [5.41, 5.74) is 0. The predicted octanol–water partition coefficient (Wildman–Crippen LogP) is 7.47. The zero-order chi connectivity index (χ0) is 19.6. The summed E-state index contributed by atoms with van der Waals surface area (Å²) in [7, 11) is 0. The Hall–Kier alpha value is -0.0800. The number of unbranched alkanes of at least 4 members (excludes halogenated alkanes) is 10. The molecule has 0 bridgehead atoms. The van der Waals surface area contributed by atoms with Crippen LogP contribution >= 0.6 is 0 Å². The molecule has 0 spiro atoms. The third-order valence-corrected chi connectivity index (χ3v) is 6.31. The molecule has 3 atom stereocenters. The number of hydrogen-bond donors (Lipinski definition) is 2. The standard InChI is InChI=1S/C24H50O2/c1-5-7-8-12-15-18-21(3)19-16-13-10-9-11-14-17-20-23(6-2)22(4)24(25)26/h21-26H,5-20H2,1-4H3/t21?,22?,23-/m1/s1. The molecule has 0 amide bonds. The van der Waals surface area contributed by atoms with Crippen molar-refractivity contribution in [2.24, 2.45) is 17.8 Å². The minimum atomic E-state index is -1.15. The summed E-state index contributed by atoms with van der Waals surface area (Å²) in [6.45, 7) is 8.85. The van der Waals surface area contributed by atoms with Gasteiger partial charge in [-0.05, 0) is 11.8 Å². The molecule has 0 aliphatic rings. The summed E-state index contributed by atoms with van der Waals surface area (Å²) < 4.78 is 0. The van der Waals surface area contributed by atoms with E-state index in [0.717, 1.165) is 18.8 Å². The van der Waals surface area contributed by atoms with Gasteiger partial charge in [0.15, 0.2) is 6.29 Å². The van der Waals surface area contributed by atoms with E-state index in [1.165, 1.54) is 89.9 Å². The largest absolute Gasteiger partial charge is 0.368 e. The van der Waals surface area contributed by atoms with Crippen LogP contribution < -0.4 is 0 Å². The lowest BCUT2D eigenvalue weighted by molar-refractivity contribution is -0.0959. The zero-order valence-electron chi connectivity index (χ0n) is 18.5. The molecule has 0 heterocycles. The second-order valence-electron chi connectivity index (χ2n) is 8.80. The van der Waals surface area contributed by atoms with Crippen molar-refractivity contribution >= 4 is 0 Å². The van der Waals surface area contributed by atoms with E-state index in [1.807, 2.05) is 6.92 Å². The van der Waals surface area contributed by atoms with Crippen LogP contribution in [0, 0.1) is 17.8 Å². The van der Waals surface area contributed by atoms with Gasteiger partial charge in [0.1, 0.15) is 0 Å². The normalized spacial score (nSPS) is 15.3. The summed E-state index contributed by atoms with van der Waals surface area (Å²) in [6.07, 6.45) is 20.5. The molecule has 0 fully saturated rings. The van der Waals surface area contributed by atoms with Gasteiger partial charge in [-0.1, -0.05) is 130 Å². The third kappa shape index (κ3) is 15.0. The predicted molar refractivity (Wildman–Crippen MR) is 115 cm³/mol.